The van der Waals surface area contributed by atoms with E-state index in [0.29, 0.717) is 37.2 Å². The smallest absolute Gasteiger partial charge is 0.744 e. The molecule has 0 aliphatic heterocycles. The normalized spacial score (nSPS) is 11.3. The Bertz CT molecular complexity index is 1250. The molecule has 1 aromatic carbocycles. The number of unbranched alkanes of at least 4 members (excludes halogenated alkanes) is 2. The quantitative estimate of drug-likeness (QED) is 0.0888. The number of carbonyl (C=O) groups is 3. The van der Waals surface area contributed by atoms with Gasteiger partial charge in [-0.1, -0.05) is 24.6 Å². The van der Waals surface area contributed by atoms with E-state index in [0.717, 1.165) is 0 Å². The summed E-state index contributed by atoms with van der Waals surface area (Å²) in [5.74, 6) is -0.357. The summed E-state index contributed by atoms with van der Waals surface area (Å²) < 4.78 is 38.9. The van der Waals surface area contributed by atoms with Crippen molar-refractivity contribution in [3.63, 3.8) is 0 Å². The molecule has 3 amide bonds. The molecular weight excluding hydrogens is 539 g/mol. The molecule has 206 valence electrons. The zero-order valence-corrected chi connectivity index (χ0v) is 25.1. The van der Waals surface area contributed by atoms with E-state index in [2.05, 4.69) is 31.7 Å². The first kappa shape index (κ1) is 34.0. The van der Waals surface area contributed by atoms with Gasteiger partial charge < -0.3 is 14.6 Å². The summed E-state index contributed by atoms with van der Waals surface area (Å²) in [6.07, 6.45) is 3.93. The Morgan fingerprint density at radius 2 is 1.77 bits per heavy atom. The molecule has 0 fully saturated rings. The Hall–Kier alpha value is -3.04. The van der Waals surface area contributed by atoms with Crippen molar-refractivity contribution in [1.29, 1.82) is 0 Å². The van der Waals surface area contributed by atoms with Gasteiger partial charge >= 0.3 is 35.7 Å². The van der Waals surface area contributed by atoms with Gasteiger partial charge in [0.2, 0.25) is 5.91 Å². The molecule has 0 atom stereocenters. The number of rotatable bonds is 11. The molecule has 0 aliphatic carbocycles. The zero-order chi connectivity index (χ0) is 28.2. The third kappa shape index (κ3) is 13.5. The molecule has 0 aliphatic rings. The molecule has 0 bridgehead atoms. The van der Waals surface area contributed by atoms with E-state index in [4.69, 9.17) is 4.74 Å². The van der Waals surface area contributed by atoms with Crippen LogP contribution in [0, 0.1) is 0 Å². The predicted molar refractivity (Wildman–Crippen MR) is 138 cm³/mol. The first-order chi connectivity index (χ1) is 17.8. The van der Waals surface area contributed by atoms with E-state index in [1.165, 1.54) is 42.7 Å². The maximum absolute atomic E-state index is 12.3. The van der Waals surface area contributed by atoms with Crippen molar-refractivity contribution >= 4 is 40.1 Å². The van der Waals surface area contributed by atoms with Gasteiger partial charge in [0.15, 0.2) is 0 Å². The van der Waals surface area contributed by atoms with Crippen LogP contribution in [0.1, 0.15) is 62.4 Å². The standard InChI is InChI=1S/C24H32N6O7S.Na/c1-24(2,3)37-23(33)30-29-21(31)11-5-4-8-14-25-22(32)18-12-13-20(26-15-18)28-27-16-17-9-6-7-10-19(17)38(34,35)36;/h6-7,9-10,12-13,15-16H,4-5,8,11,14H2,1-3H3,(H,25,32)(H,26,28)(H,29,31)(H,30,33)(H,34,35,36);/q;+1/p-1/b27-16+;. The van der Waals surface area contributed by atoms with Crippen molar-refractivity contribution in [2.45, 2.75) is 57.0 Å². The Morgan fingerprint density at radius 3 is 2.41 bits per heavy atom. The molecule has 1 heterocycles. The number of ether oxygens (including phenoxy) is 1. The number of benzene rings is 1. The van der Waals surface area contributed by atoms with Gasteiger partial charge in [0.25, 0.3) is 5.91 Å². The second-order valence-electron chi connectivity index (χ2n) is 9.04. The number of pyridine rings is 1. The van der Waals surface area contributed by atoms with Crippen molar-refractivity contribution in [3.8, 4) is 0 Å². The number of anilines is 1. The minimum absolute atomic E-state index is 0. The van der Waals surface area contributed by atoms with E-state index in [1.54, 1.807) is 26.8 Å². The van der Waals surface area contributed by atoms with E-state index < -0.39 is 21.8 Å². The maximum Gasteiger partial charge on any atom is 1.00 e. The van der Waals surface area contributed by atoms with Crippen molar-refractivity contribution in [2.24, 2.45) is 5.10 Å². The molecule has 0 unspecified atom stereocenters. The SMILES string of the molecule is CC(C)(C)OC(=O)NNC(=O)CCCCCNC(=O)c1ccc(N/N=C/c2ccccc2S(=O)(=O)[O-])nc1.[Na+]. The predicted octanol–water partition coefficient (Wildman–Crippen LogP) is -0.718. The first-order valence-electron chi connectivity index (χ1n) is 11.7. The van der Waals surface area contributed by atoms with Gasteiger partial charge in [-0.25, -0.2) is 23.6 Å². The van der Waals surface area contributed by atoms with Crippen LogP contribution in [-0.2, 0) is 19.6 Å². The van der Waals surface area contributed by atoms with E-state index in [9.17, 15) is 27.4 Å². The molecule has 2 rings (SSSR count). The molecule has 4 N–H and O–H groups in total. The van der Waals surface area contributed by atoms with Gasteiger partial charge in [-0.2, -0.15) is 5.10 Å². The average Bonchev–Trinajstić information content (AvgIpc) is 2.84. The summed E-state index contributed by atoms with van der Waals surface area (Å²) in [5, 5.41) is 6.65. The number of hydrogen-bond donors (Lipinski definition) is 4. The van der Waals surface area contributed by atoms with Gasteiger partial charge in [0.1, 0.15) is 21.5 Å². The van der Waals surface area contributed by atoms with Crippen LogP contribution < -0.4 is 51.2 Å². The number of amides is 3. The van der Waals surface area contributed by atoms with Gasteiger partial charge in [-0.3, -0.25) is 20.4 Å². The second-order valence-corrected chi connectivity index (χ2v) is 10.4. The zero-order valence-electron chi connectivity index (χ0n) is 22.3. The fourth-order valence-electron chi connectivity index (χ4n) is 2.96. The number of aromatic nitrogens is 1. The topological polar surface area (TPSA) is 191 Å². The Kier molecular flexibility index (Phi) is 14.1. The maximum atomic E-state index is 12.3. The van der Waals surface area contributed by atoms with Crippen molar-refractivity contribution in [3.05, 3.63) is 53.7 Å². The van der Waals surface area contributed by atoms with Crippen LogP contribution >= 0.6 is 0 Å². The average molecular weight is 571 g/mol. The number of hydrogen-bond acceptors (Lipinski definition) is 10. The van der Waals surface area contributed by atoms with Gasteiger partial charge in [0, 0.05) is 24.7 Å². The van der Waals surface area contributed by atoms with E-state index in [-0.39, 0.29) is 58.3 Å². The van der Waals surface area contributed by atoms with E-state index >= 15 is 0 Å². The number of carbonyl (C=O) groups excluding carboxylic acids is 3. The van der Waals surface area contributed by atoms with Crippen LogP contribution in [0.15, 0.2) is 52.6 Å². The van der Waals surface area contributed by atoms with Crippen LogP contribution in [0.5, 0.6) is 0 Å². The number of hydrazine groups is 1. The third-order valence-corrected chi connectivity index (χ3v) is 5.58. The number of nitrogens with one attached hydrogen (secondary N) is 4. The Labute approximate surface area is 249 Å². The number of hydrazone groups is 1. The van der Waals surface area contributed by atoms with E-state index in [1.807, 2.05) is 0 Å². The minimum Gasteiger partial charge on any atom is -0.744 e. The first-order valence-corrected chi connectivity index (χ1v) is 13.1. The molecule has 0 saturated heterocycles. The Balaban J connectivity index is 0.00000760. The molecule has 0 radical (unpaired) electrons. The fourth-order valence-corrected chi connectivity index (χ4v) is 3.61. The van der Waals surface area contributed by atoms with Gasteiger partial charge in [-0.15, -0.1) is 0 Å². The van der Waals surface area contributed by atoms with Crippen LogP contribution in [0.25, 0.3) is 0 Å². The van der Waals surface area contributed by atoms with Gasteiger partial charge in [-0.05, 0) is 51.8 Å². The van der Waals surface area contributed by atoms with Crippen LogP contribution in [0.3, 0.4) is 0 Å². The molecule has 39 heavy (non-hydrogen) atoms. The summed E-state index contributed by atoms with van der Waals surface area (Å²) >= 11 is 0. The third-order valence-electron chi connectivity index (χ3n) is 4.67. The molecule has 15 heteroatoms. The van der Waals surface area contributed by atoms with Crippen LogP contribution in [-0.4, -0.2) is 54.2 Å². The second kappa shape index (κ2) is 16.2. The van der Waals surface area contributed by atoms with Crippen molar-refractivity contribution in [2.75, 3.05) is 12.0 Å². The summed E-state index contributed by atoms with van der Waals surface area (Å²) in [6, 6.07) is 8.71. The molecule has 0 spiro atoms. The summed E-state index contributed by atoms with van der Waals surface area (Å²) in [4.78, 5) is 39.2. The number of nitrogens with zero attached hydrogens (tertiary/aromatic N) is 2. The largest absolute Gasteiger partial charge is 1.00 e. The summed E-state index contributed by atoms with van der Waals surface area (Å²) in [5.41, 5.74) is 6.86. The summed E-state index contributed by atoms with van der Waals surface area (Å²) in [7, 11) is -4.64. The molecule has 1 aromatic heterocycles. The molecular formula is C24H31N6NaO7S. The van der Waals surface area contributed by atoms with Gasteiger partial charge in [0.05, 0.1) is 16.7 Å². The Morgan fingerprint density at radius 1 is 1.05 bits per heavy atom. The molecule has 2 aromatic rings. The van der Waals surface area contributed by atoms with Crippen LogP contribution in [0.2, 0.25) is 0 Å². The van der Waals surface area contributed by atoms with Crippen molar-refractivity contribution in [1.82, 2.24) is 21.2 Å². The fraction of sp³-hybridized carbons (Fsp3) is 0.375. The molecule has 0 saturated carbocycles. The monoisotopic (exact) mass is 570 g/mol. The van der Waals surface area contributed by atoms with Crippen molar-refractivity contribution < 1.29 is 61.6 Å². The molecule has 13 nitrogen and oxygen atoms in total. The minimum atomic E-state index is -4.64. The van der Waals surface area contributed by atoms with Crippen LogP contribution in [0.4, 0.5) is 10.6 Å². The summed E-state index contributed by atoms with van der Waals surface area (Å²) in [6.45, 7) is 5.55.